The SMILES string of the molecule is Cc1ccccc1C1=NC(N)C(=O)Cc2ccccc21. The van der Waals surface area contributed by atoms with E-state index in [1.54, 1.807) is 0 Å². The largest absolute Gasteiger partial charge is 0.303 e. The maximum absolute atomic E-state index is 12.0. The number of fused-ring (bicyclic) bond motifs is 1. The van der Waals surface area contributed by atoms with Crippen molar-refractivity contribution in [2.75, 3.05) is 0 Å². The van der Waals surface area contributed by atoms with Crippen LogP contribution in [0.5, 0.6) is 0 Å². The highest BCUT2D eigenvalue weighted by Crippen LogP contribution is 2.22. The summed E-state index contributed by atoms with van der Waals surface area (Å²) in [5.74, 6) is -0.0407. The Balaban J connectivity index is 2.25. The molecule has 1 unspecified atom stereocenters. The zero-order valence-corrected chi connectivity index (χ0v) is 11.3. The number of carbonyl (C=O) groups excluding carboxylic acids is 1. The number of benzene rings is 2. The molecule has 3 heteroatoms. The Kier molecular flexibility index (Phi) is 3.20. The number of aryl methyl sites for hydroxylation is 1. The summed E-state index contributed by atoms with van der Waals surface area (Å²) in [5.41, 5.74) is 10.9. The number of nitrogens with zero attached hydrogens (tertiary/aromatic N) is 1. The normalized spacial score (nSPS) is 18.2. The zero-order valence-electron chi connectivity index (χ0n) is 11.3. The average Bonchev–Trinajstić information content (AvgIpc) is 2.57. The smallest absolute Gasteiger partial charge is 0.175 e. The second kappa shape index (κ2) is 5.02. The van der Waals surface area contributed by atoms with Crippen molar-refractivity contribution in [2.45, 2.75) is 19.5 Å². The van der Waals surface area contributed by atoms with Crippen molar-refractivity contribution in [1.82, 2.24) is 0 Å². The predicted octanol–water partition coefficient (Wildman–Crippen LogP) is 2.24. The molecule has 2 aromatic carbocycles. The minimum Gasteiger partial charge on any atom is -0.303 e. The van der Waals surface area contributed by atoms with Crippen molar-refractivity contribution in [3.05, 3.63) is 70.8 Å². The molecule has 3 rings (SSSR count). The Hall–Kier alpha value is -2.26. The number of hydrogen-bond donors (Lipinski definition) is 1. The third-order valence-electron chi connectivity index (χ3n) is 3.64. The van der Waals surface area contributed by atoms with Crippen molar-refractivity contribution in [2.24, 2.45) is 10.7 Å². The van der Waals surface area contributed by atoms with E-state index < -0.39 is 6.17 Å². The molecule has 1 aliphatic rings. The van der Waals surface area contributed by atoms with E-state index in [1.807, 2.05) is 55.5 Å². The quantitative estimate of drug-likeness (QED) is 0.858. The van der Waals surface area contributed by atoms with Gasteiger partial charge in [0, 0.05) is 17.5 Å². The number of hydrogen-bond acceptors (Lipinski definition) is 3. The molecule has 0 spiro atoms. The summed E-state index contributed by atoms with van der Waals surface area (Å²) in [4.78, 5) is 16.5. The van der Waals surface area contributed by atoms with Gasteiger partial charge in [0.15, 0.2) is 11.9 Å². The van der Waals surface area contributed by atoms with Gasteiger partial charge in [-0.2, -0.15) is 0 Å². The molecule has 0 aromatic heterocycles. The third kappa shape index (κ3) is 2.17. The fraction of sp³-hybridized carbons (Fsp3) is 0.176. The van der Waals surface area contributed by atoms with Crippen LogP contribution in [0.4, 0.5) is 0 Å². The number of aliphatic imine (C=N–C) groups is 1. The minimum atomic E-state index is -0.781. The van der Waals surface area contributed by atoms with Crippen molar-refractivity contribution >= 4 is 11.5 Å². The van der Waals surface area contributed by atoms with Crippen molar-refractivity contribution in [3.8, 4) is 0 Å². The van der Waals surface area contributed by atoms with E-state index in [2.05, 4.69) is 4.99 Å². The van der Waals surface area contributed by atoms with Crippen LogP contribution in [0.25, 0.3) is 0 Å². The lowest BCUT2D eigenvalue weighted by Gasteiger charge is -2.11. The molecule has 0 aliphatic carbocycles. The molecule has 0 fully saturated rings. The van der Waals surface area contributed by atoms with Crippen LogP contribution in [0.3, 0.4) is 0 Å². The summed E-state index contributed by atoms with van der Waals surface area (Å²) in [6.45, 7) is 2.04. The first-order chi connectivity index (χ1) is 9.66. The molecule has 3 nitrogen and oxygen atoms in total. The molecule has 0 bridgehead atoms. The maximum Gasteiger partial charge on any atom is 0.175 e. The highest BCUT2D eigenvalue weighted by atomic mass is 16.1. The molecule has 0 radical (unpaired) electrons. The van der Waals surface area contributed by atoms with Crippen LogP contribution in [0, 0.1) is 6.92 Å². The fourth-order valence-electron chi connectivity index (χ4n) is 2.53. The first kappa shape index (κ1) is 12.8. The number of Topliss-reactive ketones (excluding diaryl/α,β-unsaturated/α-hetero) is 1. The van der Waals surface area contributed by atoms with Crippen LogP contribution in [0.15, 0.2) is 53.5 Å². The predicted molar refractivity (Wildman–Crippen MR) is 79.9 cm³/mol. The van der Waals surface area contributed by atoms with Gasteiger partial charge in [-0.3, -0.25) is 9.79 Å². The van der Waals surface area contributed by atoms with Crippen LogP contribution < -0.4 is 5.73 Å². The second-order valence-corrected chi connectivity index (χ2v) is 5.04. The average molecular weight is 264 g/mol. The summed E-state index contributed by atoms with van der Waals surface area (Å²) in [6, 6.07) is 15.9. The van der Waals surface area contributed by atoms with Crippen LogP contribution in [-0.2, 0) is 11.2 Å². The van der Waals surface area contributed by atoms with Crippen LogP contribution >= 0.6 is 0 Å². The van der Waals surface area contributed by atoms with E-state index in [4.69, 9.17) is 5.73 Å². The molecular formula is C17H16N2O. The Labute approximate surface area is 118 Å². The first-order valence-electron chi connectivity index (χ1n) is 6.67. The van der Waals surface area contributed by atoms with E-state index in [0.29, 0.717) is 6.42 Å². The summed E-state index contributed by atoms with van der Waals surface area (Å²) in [7, 11) is 0. The van der Waals surface area contributed by atoms with Crippen LogP contribution in [-0.4, -0.2) is 17.7 Å². The summed E-state index contributed by atoms with van der Waals surface area (Å²) in [5, 5.41) is 0. The molecule has 0 saturated heterocycles. The lowest BCUT2D eigenvalue weighted by molar-refractivity contribution is -0.119. The van der Waals surface area contributed by atoms with Gasteiger partial charge in [0.05, 0.1) is 5.71 Å². The summed E-state index contributed by atoms with van der Waals surface area (Å²) in [6.07, 6.45) is -0.437. The van der Waals surface area contributed by atoms with E-state index in [-0.39, 0.29) is 5.78 Å². The maximum atomic E-state index is 12.0. The van der Waals surface area contributed by atoms with Gasteiger partial charge in [-0.25, -0.2) is 0 Å². The summed E-state index contributed by atoms with van der Waals surface area (Å²) < 4.78 is 0. The molecule has 20 heavy (non-hydrogen) atoms. The number of nitrogens with two attached hydrogens (primary N) is 1. The van der Waals surface area contributed by atoms with Gasteiger partial charge in [0.1, 0.15) is 0 Å². The highest BCUT2D eigenvalue weighted by Gasteiger charge is 2.23. The van der Waals surface area contributed by atoms with E-state index >= 15 is 0 Å². The van der Waals surface area contributed by atoms with E-state index in [1.165, 1.54) is 0 Å². The lowest BCUT2D eigenvalue weighted by Crippen LogP contribution is -2.29. The number of rotatable bonds is 1. The first-order valence-corrected chi connectivity index (χ1v) is 6.67. The van der Waals surface area contributed by atoms with Crippen LogP contribution in [0.1, 0.15) is 22.3 Å². The van der Waals surface area contributed by atoms with Crippen molar-refractivity contribution < 1.29 is 4.79 Å². The molecule has 1 aliphatic heterocycles. The minimum absolute atomic E-state index is 0.0407. The van der Waals surface area contributed by atoms with Crippen molar-refractivity contribution in [1.29, 1.82) is 0 Å². The standard InChI is InChI=1S/C17H16N2O/c1-11-6-2-4-8-13(11)16-14-9-5-3-7-12(14)10-15(20)17(18)19-16/h2-9,17H,10,18H2,1H3. The summed E-state index contributed by atoms with van der Waals surface area (Å²) >= 11 is 0. The third-order valence-corrected chi connectivity index (χ3v) is 3.64. The molecule has 2 aromatic rings. The van der Waals surface area contributed by atoms with E-state index in [9.17, 15) is 4.79 Å². The van der Waals surface area contributed by atoms with Gasteiger partial charge in [0.2, 0.25) is 0 Å². The van der Waals surface area contributed by atoms with Gasteiger partial charge in [-0.15, -0.1) is 0 Å². The van der Waals surface area contributed by atoms with Gasteiger partial charge in [0.25, 0.3) is 0 Å². The number of ketones is 1. The molecule has 0 amide bonds. The second-order valence-electron chi connectivity index (χ2n) is 5.04. The van der Waals surface area contributed by atoms with Gasteiger partial charge < -0.3 is 5.73 Å². The van der Waals surface area contributed by atoms with Gasteiger partial charge in [-0.05, 0) is 18.1 Å². The highest BCUT2D eigenvalue weighted by molar-refractivity contribution is 6.16. The number of carbonyl (C=O) groups is 1. The Morgan fingerprint density at radius 3 is 2.45 bits per heavy atom. The van der Waals surface area contributed by atoms with E-state index in [0.717, 1.165) is 28.0 Å². The van der Waals surface area contributed by atoms with Gasteiger partial charge in [-0.1, -0.05) is 48.5 Å². The Morgan fingerprint density at radius 1 is 1.05 bits per heavy atom. The topological polar surface area (TPSA) is 55.4 Å². The van der Waals surface area contributed by atoms with Crippen LogP contribution in [0.2, 0.25) is 0 Å². The van der Waals surface area contributed by atoms with Gasteiger partial charge >= 0.3 is 0 Å². The molecule has 1 heterocycles. The molecule has 0 saturated carbocycles. The fourth-order valence-corrected chi connectivity index (χ4v) is 2.53. The monoisotopic (exact) mass is 264 g/mol. The lowest BCUT2D eigenvalue weighted by atomic mass is 9.94. The molecule has 100 valence electrons. The molecular weight excluding hydrogens is 248 g/mol. The molecule has 2 N–H and O–H groups in total. The molecule has 1 atom stereocenters. The zero-order chi connectivity index (χ0) is 14.1. The Morgan fingerprint density at radius 2 is 1.70 bits per heavy atom. The Bertz CT molecular complexity index is 704. The van der Waals surface area contributed by atoms with Crippen molar-refractivity contribution in [3.63, 3.8) is 0 Å².